The number of pyridine rings is 1. The second kappa shape index (κ2) is 2.48. The summed E-state index contributed by atoms with van der Waals surface area (Å²) in [4.78, 5) is 14.7. The highest BCUT2D eigenvalue weighted by Crippen LogP contribution is 2.28. The van der Waals surface area contributed by atoms with E-state index >= 15 is 0 Å². The van der Waals surface area contributed by atoms with E-state index in [-0.39, 0.29) is 0 Å². The maximum atomic E-state index is 10.7. The second-order valence-electron chi connectivity index (χ2n) is 2.71. The van der Waals surface area contributed by atoms with E-state index in [1.807, 2.05) is 0 Å². The number of carboxylic acids is 1. The number of nitrogens with one attached hydrogen (secondary N) is 1. The zero-order chi connectivity index (χ0) is 8.55. The summed E-state index contributed by atoms with van der Waals surface area (Å²) in [5.41, 5.74) is 0.782. The van der Waals surface area contributed by atoms with Crippen LogP contribution < -0.4 is 5.32 Å². The molecule has 0 saturated carbocycles. The van der Waals surface area contributed by atoms with Crippen molar-refractivity contribution in [2.75, 3.05) is 11.9 Å². The maximum Gasteiger partial charge on any atom is 0.312 e. The molecule has 1 atom stereocenters. The highest BCUT2D eigenvalue weighted by molar-refractivity contribution is 5.81. The maximum absolute atomic E-state index is 10.7. The zero-order valence-corrected chi connectivity index (χ0v) is 6.32. The number of carboxylic acid groups (broad SMARTS) is 1. The Hall–Kier alpha value is -1.58. The standard InChI is InChI=1S/C8H8N2O2/c11-8(12)6-4-10-7-5(6)2-1-3-9-7/h1-3,6H,4H2,(H,9,10)(H,11,12). The number of fused-ring (bicyclic) bond motifs is 1. The van der Waals surface area contributed by atoms with Gasteiger partial charge in [-0.15, -0.1) is 0 Å². The average molecular weight is 164 g/mol. The smallest absolute Gasteiger partial charge is 0.312 e. The van der Waals surface area contributed by atoms with Crippen LogP contribution in [0, 0.1) is 0 Å². The van der Waals surface area contributed by atoms with Crippen molar-refractivity contribution in [3.63, 3.8) is 0 Å². The van der Waals surface area contributed by atoms with Gasteiger partial charge < -0.3 is 10.4 Å². The lowest BCUT2D eigenvalue weighted by Gasteiger charge is -2.01. The summed E-state index contributed by atoms with van der Waals surface area (Å²) >= 11 is 0. The summed E-state index contributed by atoms with van der Waals surface area (Å²) in [5, 5.41) is 11.7. The molecular formula is C8H8N2O2. The van der Waals surface area contributed by atoms with E-state index in [1.54, 1.807) is 18.3 Å². The van der Waals surface area contributed by atoms with Gasteiger partial charge in [0.15, 0.2) is 0 Å². The van der Waals surface area contributed by atoms with E-state index < -0.39 is 11.9 Å². The first-order valence-corrected chi connectivity index (χ1v) is 3.70. The number of rotatable bonds is 1. The Morgan fingerprint density at radius 2 is 2.58 bits per heavy atom. The Morgan fingerprint density at radius 3 is 3.33 bits per heavy atom. The highest BCUT2D eigenvalue weighted by atomic mass is 16.4. The van der Waals surface area contributed by atoms with Crippen LogP contribution in [-0.2, 0) is 4.79 Å². The normalized spacial score (nSPS) is 19.8. The van der Waals surface area contributed by atoms with E-state index in [2.05, 4.69) is 10.3 Å². The van der Waals surface area contributed by atoms with Crippen LogP contribution in [0.15, 0.2) is 18.3 Å². The summed E-state index contributed by atoms with van der Waals surface area (Å²) in [6.45, 7) is 0.446. The molecule has 1 aromatic heterocycles. The molecule has 0 bridgehead atoms. The van der Waals surface area contributed by atoms with Crippen molar-refractivity contribution < 1.29 is 9.90 Å². The van der Waals surface area contributed by atoms with Crippen molar-refractivity contribution in [3.8, 4) is 0 Å². The molecule has 12 heavy (non-hydrogen) atoms. The van der Waals surface area contributed by atoms with Crippen LogP contribution in [0.2, 0.25) is 0 Å². The average Bonchev–Trinajstić information content (AvgIpc) is 2.47. The van der Waals surface area contributed by atoms with Crippen LogP contribution >= 0.6 is 0 Å². The van der Waals surface area contributed by atoms with E-state index in [9.17, 15) is 4.79 Å². The molecule has 0 saturated heterocycles. The van der Waals surface area contributed by atoms with Crippen LogP contribution in [0.25, 0.3) is 0 Å². The van der Waals surface area contributed by atoms with Gasteiger partial charge in [0.05, 0.1) is 0 Å². The Bertz CT molecular complexity index is 325. The van der Waals surface area contributed by atoms with Crippen LogP contribution in [0.4, 0.5) is 5.82 Å². The fraction of sp³-hybridized carbons (Fsp3) is 0.250. The Labute approximate surface area is 69.2 Å². The minimum atomic E-state index is -0.797. The van der Waals surface area contributed by atoms with Crippen LogP contribution in [-0.4, -0.2) is 22.6 Å². The molecule has 1 aromatic rings. The molecule has 62 valence electrons. The fourth-order valence-corrected chi connectivity index (χ4v) is 1.38. The number of carbonyl (C=O) groups is 1. The number of aliphatic carboxylic acids is 1. The van der Waals surface area contributed by atoms with Crippen molar-refractivity contribution in [2.45, 2.75) is 5.92 Å². The lowest BCUT2D eigenvalue weighted by atomic mass is 10.0. The second-order valence-corrected chi connectivity index (χ2v) is 2.71. The van der Waals surface area contributed by atoms with Crippen molar-refractivity contribution in [2.24, 2.45) is 0 Å². The molecule has 1 aliphatic rings. The van der Waals surface area contributed by atoms with Crippen LogP contribution in [0.1, 0.15) is 11.5 Å². The van der Waals surface area contributed by atoms with Gasteiger partial charge in [-0.3, -0.25) is 4.79 Å². The van der Waals surface area contributed by atoms with Crippen LogP contribution in [0.5, 0.6) is 0 Å². The van der Waals surface area contributed by atoms with Crippen molar-refractivity contribution in [3.05, 3.63) is 23.9 Å². The van der Waals surface area contributed by atoms with Crippen molar-refractivity contribution in [1.82, 2.24) is 4.98 Å². The molecule has 0 radical (unpaired) electrons. The molecular weight excluding hydrogens is 156 g/mol. The van der Waals surface area contributed by atoms with Gasteiger partial charge in [0, 0.05) is 18.3 Å². The van der Waals surface area contributed by atoms with Gasteiger partial charge in [-0.1, -0.05) is 6.07 Å². The molecule has 4 heteroatoms. The summed E-state index contributed by atoms with van der Waals surface area (Å²) in [7, 11) is 0. The van der Waals surface area contributed by atoms with Gasteiger partial charge >= 0.3 is 5.97 Å². The Kier molecular flexibility index (Phi) is 1.46. The molecule has 0 amide bonds. The number of anilines is 1. The van der Waals surface area contributed by atoms with Gasteiger partial charge in [0.1, 0.15) is 11.7 Å². The largest absolute Gasteiger partial charge is 0.481 e. The third-order valence-corrected chi connectivity index (χ3v) is 1.99. The lowest BCUT2D eigenvalue weighted by Crippen LogP contribution is -2.12. The minimum Gasteiger partial charge on any atom is -0.481 e. The lowest BCUT2D eigenvalue weighted by molar-refractivity contribution is -0.138. The first kappa shape index (κ1) is 7.09. The molecule has 1 unspecified atom stereocenters. The van der Waals surface area contributed by atoms with Gasteiger partial charge in [-0.25, -0.2) is 4.98 Å². The van der Waals surface area contributed by atoms with E-state index in [0.29, 0.717) is 12.4 Å². The molecule has 0 fully saturated rings. The fourth-order valence-electron chi connectivity index (χ4n) is 1.38. The van der Waals surface area contributed by atoms with Gasteiger partial charge in [0.2, 0.25) is 0 Å². The van der Waals surface area contributed by atoms with Crippen molar-refractivity contribution >= 4 is 11.8 Å². The topological polar surface area (TPSA) is 62.2 Å². The van der Waals surface area contributed by atoms with Gasteiger partial charge in [0.25, 0.3) is 0 Å². The third kappa shape index (κ3) is 0.922. The Balaban J connectivity index is 2.42. The van der Waals surface area contributed by atoms with Crippen molar-refractivity contribution in [1.29, 1.82) is 0 Å². The summed E-state index contributed by atoms with van der Waals surface area (Å²) in [6, 6.07) is 3.54. The van der Waals surface area contributed by atoms with Gasteiger partial charge in [-0.2, -0.15) is 0 Å². The monoisotopic (exact) mass is 164 g/mol. The molecule has 2 N–H and O–H groups in total. The number of hydrogen-bond acceptors (Lipinski definition) is 3. The molecule has 2 heterocycles. The highest BCUT2D eigenvalue weighted by Gasteiger charge is 2.28. The Morgan fingerprint density at radius 1 is 1.75 bits per heavy atom. The minimum absolute atomic E-state index is 0.436. The molecule has 4 nitrogen and oxygen atoms in total. The molecule has 0 spiro atoms. The van der Waals surface area contributed by atoms with E-state index in [0.717, 1.165) is 5.56 Å². The molecule has 2 rings (SSSR count). The molecule has 0 aliphatic carbocycles. The van der Waals surface area contributed by atoms with E-state index in [1.165, 1.54) is 0 Å². The SMILES string of the molecule is O=C(O)C1CNc2ncccc21. The molecule has 0 aromatic carbocycles. The number of hydrogen-bond donors (Lipinski definition) is 2. The summed E-state index contributed by atoms with van der Waals surface area (Å²) < 4.78 is 0. The first-order chi connectivity index (χ1) is 5.79. The summed E-state index contributed by atoms with van der Waals surface area (Å²) in [6.07, 6.45) is 1.65. The van der Waals surface area contributed by atoms with E-state index in [4.69, 9.17) is 5.11 Å². The number of nitrogens with zero attached hydrogens (tertiary/aromatic N) is 1. The quantitative estimate of drug-likeness (QED) is 0.640. The summed E-state index contributed by atoms with van der Waals surface area (Å²) in [5.74, 6) is -0.534. The predicted octanol–water partition coefficient (Wildman–Crippen LogP) is 0.675. The first-order valence-electron chi connectivity index (χ1n) is 3.70. The number of aromatic nitrogens is 1. The predicted molar refractivity (Wildman–Crippen MR) is 43.1 cm³/mol. The third-order valence-electron chi connectivity index (χ3n) is 1.99. The van der Waals surface area contributed by atoms with Crippen LogP contribution in [0.3, 0.4) is 0 Å². The zero-order valence-electron chi connectivity index (χ0n) is 6.32. The van der Waals surface area contributed by atoms with Gasteiger partial charge in [-0.05, 0) is 6.07 Å². The molecule has 1 aliphatic heterocycles.